The molecule has 1 amide bonds. The van der Waals surface area contributed by atoms with Gasteiger partial charge < -0.3 is 0 Å². The first-order valence-corrected chi connectivity index (χ1v) is 10.4. The second-order valence-electron chi connectivity index (χ2n) is 6.54. The summed E-state index contributed by atoms with van der Waals surface area (Å²) in [7, 11) is 0. The highest BCUT2D eigenvalue weighted by Crippen LogP contribution is 2.27. The number of aryl methyl sites for hydroxylation is 2. The Morgan fingerprint density at radius 2 is 1.73 bits per heavy atom. The summed E-state index contributed by atoms with van der Waals surface area (Å²) in [4.78, 5) is 17.6. The molecule has 0 unspecified atom stereocenters. The van der Waals surface area contributed by atoms with Crippen molar-refractivity contribution < 1.29 is 4.79 Å². The van der Waals surface area contributed by atoms with E-state index in [0.29, 0.717) is 27.0 Å². The van der Waals surface area contributed by atoms with Gasteiger partial charge in [-0.3, -0.25) is 4.79 Å². The van der Waals surface area contributed by atoms with Gasteiger partial charge in [-0.15, -0.1) is 11.3 Å². The zero-order valence-corrected chi connectivity index (χ0v) is 17.9. The van der Waals surface area contributed by atoms with Crippen LogP contribution in [0.1, 0.15) is 26.6 Å². The van der Waals surface area contributed by atoms with Crippen LogP contribution in [0.3, 0.4) is 0 Å². The molecule has 0 fully saturated rings. The van der Waals surface area contributed by atoms with Crippen molar-refractivity contribution in [2.75, 3.05) is 0 Å². The second kappa shape index (κ2) is 8.61. The third-order valence-corrected chi connectivity index (χ3v) is 6.00. The molecule has 30 heavy (non-hydrogen) atoms. The topological polar surface area (TPSA) is 72.2 Å². The van der Waals surface area contributed by atoms with Crippen LogP contribution in [0, 0.1) is 13.8 Å². The zero-order chi connectivity index (χ0) is 21.1. The highest BCUT2D eigenvalue weighted by molar-refractivity contribution is 7.17. The molecule has 0 bridgehead atoms. The van der Waals surface area contributed by atoms with E-state index in [-0.39, 0.29) is 5.91 Å². The molecule has 0 saturated carbocycles. The number of hydrogen-bond acceptors (Lipinski definition) is 5. The second-order valence-corrected chi connectivity index (χ2v) is 7.89. The normalized spacial score (nSPS) is 11.2. The molecule has 2 aromatic carbocycles. The van der Waals surface area contributed by atoms with Gasteiger partial charge in [-0.25, -0.2) is 15.1 Å². The van der Waals surface area contributed by atoms with Crippen molar-refractivity contribution in [3.63, 3.8) is 0 Å². The molecule has 2 heterocycles. The van der Waals surface area contributed by atoms with Crippen LogP contribution < -0.4 is 5.43 Å². The lowest BCUT2D eigenvalue weighted by molar-refractivity contribution is 0.0958. The van der Waals surface area contributed by atoms with Crippen LogP contribution >= 0.6 is 22.9 Å². The van der Waals surface area contributed by atoms with E-state index in [1.54, 1.807) is 4.68 Å². The van der Waals surface area contributed by atoms with Crippen LogP contribution in [0.25, 0.3) is 16.3 Å². The van der Waals surface area contributed by atoms with E-state index in [1.165, 1.54) is 17.6 Å². The van der Waals surface area contributed by atoms with Gasteiger partial charge in [0.25, 0.3) is 5.91 Å². The number of amides is 1. The summed E-state index contributed by atoms with van der Waals surface area (Å²) in [5.74, 6) is -0.312. The van der Waals surface area contributed by atoms with E-state index < -0.39 is 0 Å². The molecule has 0 spiro atoms. The van der Waals surface area contributed by atoms with Gasteiger partial charge in [-0.2, -0.15) is 10.2 Å². The molecule has 4 aromatic rings. The number of nitrogens with zero attached hydrogens (tertiary/aromatic N) is 4. The number of nitrogens with one attached hydrogen (secondary N) is 1. The van der Waals surface area contributed by atoms with Crippen molar-refractivity contribution in [3.8, 4) is 16.3 Å². The minimum absolute atomic E-state index is 0.312. The Labute approximate surface area is 182 Å². The van der Waals surface area contributed by atoms with Crippen LogP contribution in [0.5, 0.6) is 0 Å². The smallest absolute Gasteiger partial charge is 0.266 e. The van der Waals surface area contributed by atoms with Crippen molar-refractivity contribution >= 4 is 35.1 Å². The van der Waals surface area contributed by atoms with Crippen LogP contribution in [-0.4, -0.2) is 26.9 Å². The van der Waals surface area contributed by atoms with Crippen LogP contribution in [0.2, 0.25) is 5.15 Å². The number of halogens is 1. The van der Waals surface area contributed by atoms with Gasteiger partial charge in [0.1, 0.15) is 15.0 Å². The Hall–Kier alpha value is -3.29. The summed E-state index contributed by atoms with van der Waals surface area (Å²) in [5, 5.41) is 9.77. The molecular formula is C22H18ClN5OS. The fourth-order valence-corrected chi connectivity index (χ4v) is 4.20. The van der Waals surface area contributed by atoms with Gasteiger partial charge in [-0.05, 0) is 26.0 Å². The van der Waals surface area contributed by atoms with Crippen molar-refractivity contribution in [2.45, 2.75) is 13.8 Å². The Bertz CT molecular complexity index is 1220. The molecule has 0 atom stereocenters. The Balaban J connectivity index is 1.51. The molecule has 0 aliphatic carbocycles. The zero-order valence-electron chi connectivity index (χ0n) is 16.3. The number of rotatable bonds is 5. The summed E-state index contributed by atoms with van der Waals surface area (Å²) in [6.45, 7) is 3.65. The maximum atomic E-state index is 12.6. The van der Waals surface area contributed by atoms with Gasteiger partial charge in [-0.1, -0.05) is 60.1 Å². The average molecular weight is 436 g/mol. The molecule has 0 saturated heterocycles. The van der Waals surface area contributed by atoms with E-state index in [2.05, 4.69) is 20.6 Å². The third kappa shape index (κ3) is 4.03. The standard InChI is InChI=1S/C22H18ClN5OS/c1-14-18(20(23)28(27-14)17-11-7-4-8-12-17)13-24-26-21(29)19-15(2)25-22(30-19)16-9-5-3-6-10-16/h3-13H,1-2H3,(H,26,29)/b24-13+. The molecule has 150 valence electrons. The number of thiazole rings is 1. The lowest BCUT2D eigenvalue weighted by Gasteiger charge is -2.01. The minimum Gasteiger partial charge on any atom is -0.266 e. The maximum Gasteiger partial charge on any atom is 0.283 e. The molecule has 0 radical (unpaired) electrons. The largest absolute Gasteiger partial charge is 0.283 e. The number of carbonyl (C=O) groups excluding carboxylic acids is 1. The predicted octanol–water partition coefficient (Wildman–Crippen LogP) is 5.03. The first-order chi connectivity index (χ1) is 14.5. The van der Waals surface area contributed by atoms with E-state index >= 15 is 0 Å². The van der Waals surface area contributed by atoms with Crippen LogP contribution in [-0.2, 0) is 0 Å². The number of para-hydroxylation sites is 1. The molecule has 1 N–H and O–H groups in total. The summed E-state index contributed by atoms with van der Waals surface area (Å²) in [6, 6.07) is 19.3. The number of hydrazone groups is 1. The number of aromatic nitrogens is 3. The van der Waals surface area contributed by atoms with Crippen molar-refractivity contribution in [3.05, 3.63) is 87.6 Å². The maximum absolute atomic E-state index is 12.6. The molecule has 2 aromatic heterocycles. The highest BCUT2D eigenvalue weighted by Gasteiger charge is 2.16. The summed E-state index contributed by atoms with van der Waals surface area (Å²) in [6.07, 6.45) is 1.51. The summed E-state index contributed by atoms with van der Waals surface area (Å²) in [5.41, 5.74) is 6.41. The first-order valence-electron chi connectivity index (χ1n) is 9.21. The monoisotopic (exact) mass is 435 g/mol. The Morgan fingerprint density at radius 1 is 1.07 bits per heavy atom. The molecule has 8 heteroatoms. The van der Waals surface area contributed by atoms with Crippen molar-refractivity contribution in [1.29, 1.82) is 0 Å². The lowest BCUT2D eigenvalue weighted by Crippen LogP contribution is -2.17. The summed E-state index contributed by atoms with van der Waals surface area (Å²) >= 11 is 7.82. The average Bonchev–Trinajstić information content (AvgIpc) is 3.29. The minimum atomic E-state index is -0.312. The first kappa shape index (κ1) is 20.0. The van der Waals surface area contributed by atoms with E-state index in [1.807, 2.05) is 74.5 Å². The molecule has 0 aliphatic heterocycles. The van der Waals surface area contributed by atoms with Crippen LogP contribution in [0.4, 0.5) is 0 Å². The van der Waals surface area contributed by atoms with Gasteiger partial charge in [0, 0.05) is 5.56 Å². The van der Waals surface area contributed by atoms with Crippen LogP contribution in [0.15, 0.2) is 65.8 Å². The van der Waals surface area contributed by atoms with Crippen molar-refractivity contribution in [1.82, 2.24) is 20.2 Å². The van der Waals surface area contributed by atoms with Gasteiger partial charge in [0.05, 0.1) is 28.9 Å². The number of carbonyl (C=O) groups is 1. The Kier molecular flexibility index (Phi) is 5.74. The highest BCUT2D eigenvalue weighted by atomic mass is 35.5. The quantitative estimate of drug-likeness (QED) is 0.353. The fourth-order valence-electron chi connectivity index (χ4n) is 2.92. The van der Waals surface area contributed by atoms with E-state index in [9.17, 15) is 4.79 Å². The van der Waals surface area contributed by atoms with Crippen molar-refractivity contribution in [2.24, 2.45) is 5.10 Å². The third-order valence-electron chi connectivity index (χ3n) is 4.43. The molecule has 4 rings (SSSR count). The van der Waals surface area contributed by atoms with Gasteiger partial charge in [0.15, 0.2) is 0 Å². The number of benzene rings is 2. The van der Waals surface area contributed by atoms with Gasteiger partial charge in [0.2, 0.25) is 0 Å². The molecule has 6 nitrogen and oxygen atoms in total. The number of hydrogen-bond donors (Lipinski definition) is 1. The lowest BCUT2D eigenvalue weighted by atomic mass is 10.2. The summed E-state index contributed by atoms with van der Waals surface area (Å²) < 4.78 is 1.64. The Morgan fingerprint density at radius 3 is 2.43 bits per heavy atom. The fraction of sp³-hybridized carbons (Fsp3) is 0.0909. The van der Waals surface area contributed by atoms with Gasteiger partial charge >= 0.3 is 0 Å². The molecular weight excluding hydrogens is 418 g/mol. The molecule has 0 aliphatic rings. The SMILES string of the molecule is Cc1nc(-c2ccccc2)sc1C(=O)N/N=C/c1c(C)nn(-c2ccccc2)c1Cl. The van der Waals surface area contributed by atoms with E-state index in [0.717, 1.165) is 16.3 Å². The van der Waals surface area contributed by atoms with E-state index in [4.69, 9.17) is 11.6 Å². The predicted molar refractivity (Wildman–Crippen MR) is 121 cm³/mol.